The van der Waals surface area contributed by atoms with Crippen LogP contribution in [0.3, 0.4) is 0 Å². The fourth-order valence-corrected chi connectivity index (χ4v) is 1.55. The highest BCUT2D eigenvalue weighted by molar-refractivity contribution is 5.97. The van der Waals surface area contributed by atoms with Gasteiger partial charge >= 0.3 is 11.9 Å². The number of likely N-dealkylation sites (N-methyl/N-ethyl adjacent to an activating group) is 1. The largest absolute Gasteiger partial charge is 0.461 e. The van der Waals surface area contributed by atoms with Crippen LogP contribution >= 0.6 is 0 Å². The number of quaternary nitrogens is 1. The molecular formula is C12H22NO4+. The molecule has 0 saturated carbocycles. The zero-order valence-corrected chi connectivity index (χ0v) is 11.1. The lowest BCUT2D eigenvalue weighted by molar-refractivity contribution is -0.892. The average Bonchev–Trinajstić information content (AvgIpc) is 2.17. The average molecular weight is 244 g/mol. The highest BCUT2D eigenvalue weighted by Crippen LogP contribution is 2.11. The molecule has 98 valence electrons. The minimum absolute atomic E-state index is 0.140. The first-order valence-corrected chi connectivity index (χ1v) is 5.67. The number of hydrogen-bond donors (Lipinski definition) is 0. The topological polar surface area (TPSA) is 52.6 Å². The zero-order valence-electron chi connectivity index (χ0n) is 11.1. The van der Waals surface area contributed by atoms with Crippen LogP contribution in [0, 0.1) is 0 Å². The van der Waals surface area contributed by atoms with Crippen molar-refractivity contribution in [1.82, 2.24) is 0 Å². The van der Waals surface area contributed by atoms with Gasteiger partial charge in [0.25, 0.3) is 6.04 Å². The van der Waals surface area contributed by atoms with Crippen LogP contribution in [-0.4, -0.2) is 56.3 Å². The number of hydrogen-bond acceptors (Lipinski definition) is 4. The Labute approximate surface area is 103 Å². The van der Waals surface area contributed by atoms with E-state index >= 15 is 0 Å². The first kappa shape index (κ1) is 15.6. The Bertz CT molecular complexity index is 268. The van der Waals surface area contributed by atoms with Gasteiger partial charge in [0, 0.05) is 0 Å². The summed E-state index contributed by atoms with van der Waals surface area (Å²) < 4.78 is 9.97. The molecule has 0 spiro atoms. The van der Waals surface area contributed by atoms with E-state index in [1.165, 1.54) is 0 Å². The molecule has 5 nitrogen and oxygen atoms in total. The van der Waals surface area contributed by atoms with Crippen LogP contribution in [0.25, 0.3) is 0 Å². The van der Waals surface area contributed by atoms with Gasteiger partial charge in [-0.15, -0.1) is 0 Å². The van der Waals surface area contributed by atoms with Crippen LogP contribution in [-0.2, 0) is 19.1 Å². The van der Waals surface area contributed by atoms with Gasteiger partial charge in [0.15, 0.2) is 0 Å². The van der Waals surface area contributed by atoms with E-state index in [9.17, 15) is 9.59 Å². The van der Waals surface area contributed by atoms with E-state index in [0.717, 1.165) is 0 Å². The van der Waals surface area contributed by atoms with Gasteiger partial charge in [-0.1, -0.05) is 6.58 Å². The normalized spacial score (nSPS) is 11.1. The van der Waals surface area contributed by atoms with Gasteiger partial charge in [-0.2, -0.15) is 0 Å². The van der Waals surface area contributed by atoms with E-state index in [2.05, 4.69) is 6.58 Å². The first-order valence-electron chi connectivity index (χ1n) is 5.67. The zero-order chi connectivity index (χ0) is 13.5. The standard InChI is InChI=1S/C12H22NO4/c1-6-9-13(4,5)10(11(14)16-7-2)12(15)17-8-3/h6,10H,1,7-9H2,2-5H3/q+1. The van der Waals surface area contributed by atoms with Crippen molar-refractivity contribution in [3.63, 3.8) is 0 Å². The molecule has 0 atom stereocenters. The number of ether oxygens (including phenoxy) is 2. The van der Waals surface area contributed by atoms with Crippen molar-refractivity contribution in [3.05, 3.63) is 12.7 Å². The van der Waals surface area contributed by atoms with Crippen LogP contribution in [0.15, 0.2) is 12.7 Å². The molecule has 0 saturated heterocycles. The maximum atomic E-state index is 11.8. The Balaban J connectivity index is 5.02. The van der Waals surface area contributed by atoms with Gasteiger partial charge in [-0.25, -0.2) is 9.59 Å². The maximum Gasteiger partial charge on any atom is 0.377 e. The number of carbonyl (C=O) groups is 2. The molecule has 0 aromatic rings. The highest BCUT2D eigenvalue weighted by atomic mass is 16.6. The molecular weight excluding hydrogens is 222 g/mol. The Morgan fingerprint density at radius 2 is 1.59 bits per heavy atom. The summed E-state index contributed by atoms with van der Waals surface area (Å²) in [7, 11) is 3.53. The van der Waals surface area contributed by atoms with Gasteiger partial charge in [-0.3, -0.25) is 0 Å². The second-order valence-corrected chi connectivity index (χ2v) is 4.16. The third-order valence-electron chi connectivity index (χ3n) is 2.32. The molecule has 17 heavy (non-hydrogen) atoms. The number of esters is 2. The second kappa shape index (κ2) is 7.06. The second-order valence-electron chi connectivity index (χ2n) is 4.16. The van der Waals surface area contributed by atoms with E-state index in [4.69, 9.17) is 9.47 Å². The maximum absolute atomic E-state index is 11.8. The Hall–Kier alpha value is -1.36. The number of nitrogens with zero attached hydrogens (tertiary/aromatic N) is 1. The van der Waals surface area contributed by atoms with Crippen molar-refractivity contribution >= 4 is 11.9 Å². The minimum atomic E-state index is -0.965. The SMILES string of the molecule is C=CC[N+](C)(C)C(C(=O)OCC)C(=O)OCC. The summed E-state index contributed by atoms with van der Waals surface area (Å²) in [5.74, 6) is -1.12. The summed E-state index contributed by atoms with van der Waals surface area (Å²) in [5.41, 5.74) is 0. The van der Waals surface area contributed by atoms with Crippen LogP contribution < -0.4 is 0 Å². The van der Waals surface area contributed by atoms with E-state index in [0.29, 0.717) is 6.54 Å². The molecule has 0 amide bonds. The van der Waals surface area contributed by atoms with E-state index in [1.54, 1.807) is 34.0 Å². The van der Waals surface area contributed by atoms with Crippen molar-refractivity contribution < 1.29 is 23.5 Å². The van der Waals surface area contributed by atoms with E-state index in [-0.39, 0.29) is 17.7 Å². The van der Waals surface area contributed by atoms with Crippen molar-refractivity contribution in [1.29, 1.82) is 0 Å². The predicted molar refractivity (Wildman–Crippen MR) is 64.2 cm³/mol. The lowest BCUT2D eigenvalue weighted by Gasteiger charge is -2.33. The summed E-state index contributed by atoms with van der Waals surface area (Å²) in [6, 6.07) is -0.965. The van der Waals surface area contributed by atoms with Crippen LogP contribution in [0.2, 0.25) is 0 Å². The van der Waals surface area contributed by atoms with Crippen LogP contribution in [0.5, 0.6) is 0 Å². The van der Waals surface area contributed by atoms with Crippen molar-refractivity contribution in [3.8, 4) is 0 Å². The number of rotatable bonds is 7. The molecule has 5 heteroatoms. The molecule has 0 rings (SSSR count). The van der Waals surface area contributed by atoms with Crippen molar-refractivity contribution in [2.45, 2.75) is 19.9 Å². The predicted octanol–water partition coefficient (Wildman–Crippen LogP) is 0.744. The monoisotopic (exact) mass is 244 g/mol. The molecule has 0 heterocycles. The van der Waals surface area contributed by atoms with Gasteiger partial charge in [0.2, 0.25) is 0 Å². The van der Waals surface area contributed by atoms with Gasteiger partial charge in [0.1, 0.15) is 0 Å². The molecule has 0 aromatic carbocycles. The Morgan fingerprint density at radius 1 is 1.18 bits per heavy atom. The van der Waals surface area contributed by atoms with Gasteiger partial charge in [0.05, 0.1) is 33.9 Å². The molecule has 0 radical (unpaired) electrons. The quantitative estimate of drug-likeness (QED) is 0.287. The molecule has 0 aliphatic rings. The fourth-order valence-electron chi connectivity index (χ4n) is 1.55. The minimum Gasteiger partial charge on any atom is -0.461 e. The van der Waals surface area contributed by atoms with Crippen LogP contribution in [0.1, 0.15) is 13.8 Å². The Kier molecular flexibility index (Phi) is 6.50. The smallest absolute Gasteiger partial charge is 0.377 e. The summed E-state index contributed by atoms with van der Waals surface area (Å²) in [6.45, 7) is 7.98. The molecule has 0 aliphatic carbocycles. The van der Waals surface area contributed by atoms with E-state index in [1.807, 2.05) is 0 Å². The lowest BCUT2D eigenvalue weighted by atomic mass is 10.2. The van der Waals surface area contributed by atoms with Crippen LogP contribution in [0.4, 0.5) is 0 Å². The fraction of sp³-hybridized carbons (Fsp3) is 0.667. The molecule has 0 bridgehead atoms. The third kappa shape index (κ3) is 4.56. The first-order chi connectivity index (χ1) is 7.90. The third-order valence-corrected chi connectivity index (χ3v) is 2.32. The van der Waals surface area contributed by atoms with Gasteiger partial charge < -0.3 is 14.0 Å². The Morgan fingerprint density at radius 3 is 1.88 bits per heavy atom. The molecule has 0 N–H and O–H groups in total. The van der Waals surface area contributed by atoms with E-state index < -0.39 is 18.0 Å². The van der Waals surface area contributed by atoms with Crippen molar-refractivity contribution in [2.75, 3.05) is 33.9 Å². The van der Waals surface area contributed by atoms with Gasteiger partial charge in [-0.05, 0) is 19.9 Å². The molecule has 0 unspecified atom stereocenters. The summed E-state index contributed by atoms with van der Waals surface area (Å²) in [5, 5.41) is 0. The summed E-state index contributed by atoms with van der Waals surface area (Å²) in [6.07, 6.45) is 1.66. The highest BCUT2D eigenvalue weighted by Gasteiger charge is 2.43. The molecule has 0 aromatic heterocycles. The summed E-state index contributed by atoms with van der Waals surface area (Å²) in [4.78, 5) is 23.6. The summed E-state index contributed by atoms with van der Waals surface area (Å²) >= 11 is 0. The lowest BCUT2D eigenvalue weighted by Crippen LogP contribution is -2.58. The van der Waals surface area contributed by atoms with Crippen molar-refractivity contribution in [2.24, 2.45) is 0 Å². The number of carbonyl (C=O) groups excluding carboxylic acids is 2. The molecule has 0 aliphatic heterocycles. The molecule has 0 fully saturated rings.